The number of aromatic nitrogens is 3. The summed E-state index contributed by atoms with van der Waals surface area (Å²) in [6.07, 6.45) is 5.75. The van der Waals surface area contributed by atoms with Crippen LogP contribution in [0.2, 0.25) is 0 Å². The number of unbranched alkanes of at least 4 members (excludes halogenated alkanes) is 1. The fourth-order valence-corrected chi connectivity index (χ4v) is 3.78. The predicted octanol–water partition coefficient (Wildman–Crippen LogP) is 1.51. The van der Waals surface area contributed by atoms with Gasteiger partial charge in [-0.05, 0) is 24.3 Å². The highest BCUT2D eigenvalue weighted by atomic mass is 32.1. The maximum absolute atomic E-state index is 4.45. The van der Waals surface area contributed by atoms with Crippen molar-refractivity contribution in [2.45, 2.75) is 25.9 Å². The summed E-state index contributed by atoms with van der Waals surface area (Å²) in [5, 5.41) is 13.3. The fourth-order valence-electron chi connectivity index (χ4n) is 3.03. The summed E-state index contributed by atoms with van der Waals surface area (Å²) in [5.74, 6) is 1.03. The van der Waals surface area contributed by atoms with Crippen LogP contribution in [-0.4, -0.2) is 70.3 Å². The van der Waals surface area contributed by atoms with Crippen molar-refractivity contribution in [1.29, 1.82) is 0 Å². The van der Waals surface area contributed by atoms with Gasteiger partial charge in [0.15, 0.2) is 5.96 Å². The largest absolute Gasteiger partial charge is 0.356 e. The van der Waals surface area contributed by atoms with Gasteiger partial charge in [0, 0.05) is 57.7 Å². The Balaban J connectivity index is 1.33. The van der Waals surface area contributed by atoms with Crippen LogP contribution < -0.4 is 5.32 Å². The van der Waals surface area contributed by atoms with E-state index in [4.69, 9.17) is 0 Å². The Bertz CT molecular complexity index is 615. The standard InChI is InChI=1S/C17H27N7S/c1-18-17(19-6-2-3-7-23-14-20-21-15-23)24-10-8-22(9-11-24)13-16-5-4-12-25-16/h4-5,12,14-15H,2-3,6-11,13H2,1H3,(H,18,19). The Labute approximate surface area is 153 Å². The molecule has 25 heavy (non-hydrogen) atoms. The van der Waals surface area contributed by atoms with Gasteiger partial charge < -0.3 is 14.8 Å². The van der Waals surface area contributed by atoms with Crippen LogP contribution in [0.4, 0.5) is 0 Å². The lowest BCUT2D eigenvalue weighted by atomic mass is 10.3. The van der Waals surface area contributed by atoms with Crippen molar-refractivity contribution < 1.29 is 0 Å². The summed E-state index contributed by atoms with van der Waals surface area (Å²) in [7, 11) is 1.87. The van der Waals surface area contributed by atoms with Gasteiger partial charge in [0.2, 0.25) is 0 Å². The number of nitrogens with zero attached hydrogens (tertiary/aromatic N) is 6. The lowest BCUT2D eigenvalue weighted by Crippen LogP contribution is -2.52. The highest BCUT2D eigenvalue weighted by Gasteiger charge is 2.19. The molecular weight excluding hydrogens is 334 g/mol. The van der Waals surface area contributed by atoms with Crippen LogP contribution in [0, 0.1) is 0 Å². The molecule has 8 heteroatoms. The smallest absolute Gasteiger partial charge is 0.193 e. The van der Waals surface area contributed by atoms with E-state index < -0.39 is 0 Å². The molecule has 7 nitrogen and oxygen atoms in total. The van der Waals surface area contributed by atoms with E-state index in [0.717, 1.165) is 64.6 Å². The number of hydrogen-bond donors (Lipinski definition) is 1. The van der Waals surface area contributed by atoms with Gasteiger partial charge in [-0.25, -0.2) is 0 Å². The van der Waals surface area contributed by atoms with E-state index in [1.165, 1.54) is 4.88 Å². The second-order valence-electron chi connectivity index (χ2n) is 6.22. The minimum absolute atomic E-state index is 0.949. The molecular formula is C17H27N7S. The van der Waals surface area contributed by atoms with Crippen molar-refractivity contribution in [3.63, 3.8) is 0 Å². The molecule has 0 amide bonds. The highest BCUT2D eigenvalue weighted by Crippen LogP contribution is 2.13. The van der Waals surface area contributed by atoms with Gasteiger partial charge in [-0.15, -0.1) is 21.5 Å². The average Bonchev–Trinajstić information content (AvgIpc) is 3.33. The van der Waals surface area contributed by atoms with E-state index >= 15 is 0 Å². The lowest BCUT2D eigenvalue weighted by Gasteiger charge is -2.36. The van der Waals surface area contributed by atoms with Gasteiger partial charge in [-0.3, -0.25) is 9.89 Å². The van der Waals surface area contributed by atoms with Gasteiger partial charge in [-0.2, -0.15) is 0 Å². The molecule has 1 N–H and O–H groups in total. The Hall–Kier alpha value is -1.93. The van der Waals surface area contributed by atoms with Gasteiger partial charge in [-0.1, -0.05) is 6.07 Å². The number of nitrogens with one attached hydrogen (secondary N) is 1. The number of piperazine rings is 1. The van der Waals surface area contributed by atoms with Crippen molar-refractivity contribution in [2.24, 2.45) is 4.99 Å². The minimum atomic E-state index is 0.949. The predicted molar refractivity (Wildman–Crippen MR) is 102 cm³/mol. The van der Waals surface area contributed by atoms with Crippen molar-refractivity contribution in [1.82, 2.24) is 29.9 Å². The third-order valence-electron chi connectivity index (χ3n) is 4.44. The van der Waals surface area contributed by atoms with Crippen LogP contribution in [-0.2, 0) is 13.1 Å². The summed E-state index contributed by atoms with van der Waals surface area (Å²) in [4.78, 5) is 10.8. The maximum Gasteiger partial charge on any atom is 0.193 e. The molecule has 0 spiro atoms. The molecule has 1 fully saturated rings. The number of rotatable bonds is 7. The first-order valence-electron chi connectivity index (χ1n) is 8.88. The molecule has 0 radical (unpaired) electrons. The molecule has 0 aliphatic carbocycles. The number of thiophene rings is 1. The second-order valence-corrected chi connectivity index (χ2v) is 7.26. The third-order valence-corrected chi connectivity index (χ3v) is 5.30. The van der Waals surface area contributed by atoms with E-state index in [0.29, 0.717) is 0 Å². The summed E-state index contributed by atoms with van der Waals surface area (Å²) in [6, 6.07) is 4.35. The first kappa shape index (κ1) is 17.9. The highest BCUT2D eigenvalue weighted by molar-refractivity contribution is 7.09. The topological polar surface area (TPSA) is 61.6 Å². The molecule has 2 aromatic heterocycles. The van der Waals surface area contributed by atoms with Crippen LogP contribution in [0.25, 0.3) is 0 Å². The van der Waals surface area contributed by atoms with E-state index in [-0.39, 0.29) is 0 Å². The Morgan fingerprint density at radius 1 is 1.20 bits per heavy atom. The first-order valence-corrected chi connectivity index (χ1v) is 9.76. The quantitative estimate of drug-likeness (QED) is 0.460. The van der Waals surface area contributed by atoms with Gasteiger partial charge in [0.05, 0.1) is 0 Å². The van der Waals surface area contributed by atoms with Gasteiger partial charge in [0.1, 0.15) is 12.7 Å². The molecule has 3 rings (SSSR count). The van der Waals surface area contributed by atoms with E-state index in [1.807, 2.05) is 23.0 Å². The molecule has 0 atom stereocenters. The molecule has 0 bridgehead atoms. The monoisotopic (exact) mass is 361 g/mol. The molecule has 0 aromatic carbocycles. The Morgan fingerprint density at radius 3 is 2.68 bits per heavy atom. The zero-order valence-corrected chi connectivity index (χ0v) is 15.7. The van der Waals surface area contributed by atoms with Crippen LogP contribution in [0.15, 0.2) is 35.2 Å². The summed E-state index contributed by atoms with van der Waals surface area (Å²) in [5.41, 5.74) is 0. The third kappa shape index (κ3) is 5.54. The molecule has 0 saturated carbocycles. The van der Waals surface area contributed by atoms with Crippen LogP contribution in [0.5, 0.6) is 0 Å². The lowest BCUT2D eigenvalue weighted by molar-refractivity contribution is 0.173. The van der Waals surface area contributed by atoms with Crippen molar-refractivity contribution in [3.8, 4) is 0 Å². The van der Waals surface area contributed by atoms with Crippen molar-refractivity contribution in [3.05, 3.63) is 35.0 Å². The maximum atomic E-state index is 4.45. The zero-order chi connectivity index (χ0) is 17.3. The van der Waals surface area contributed by atoms with E-state index in [1.54, 1.807) is 12.7 Å². The summed E-state index contributed by atoms with van der Waals surface area (Å²) >= 11 is 1.84. The first-order chi connectivity index (χ1) is 12.3. The molecule has 136 valence electrons. The second kappa shape index (κ2) is 9.53. The van der Waals surface area contributed by atoms with Gasteiger partial charge in [0.25, 0.3) is 0 Å². The van der Waals surface area contributed by atoms with Gasteiger partial charge >= 0.3 is 0 Å². The Morgan fingerprint density at radius 2 is 2.00 bits per heavy atom. The summed E-state index contributed by atoms with van der Waals surface area (Å²) in [6.45, 7) is 7.23. The van der Waals surface area contributed by atoms with E-state index in [2.05, 4.69) is 47.8 Å². The van der Waals surface area contributed by atoms with Crippen LogP contribution in [0.3, 0.4) is 0 Å². The number of aliphatic imine (C=N–C) groups is 1. The van der Waals surface area contributed by atoms with E-state index in [9.17, 15) is 0 Å². The molecule has 1 aliphatic heterocycles. The number of hydrogen-bond acceptors (Lipinski definition) is 5. The molecule has 3 heterocycles. The number of guanidine groups is 1. The Kier molecular flexibility index (Phi) is 6.81. The zero-order valence-electron chi connectivity index (χ0n) is 14.8. The number of aryl methyl sites for hydroxylation is 1. The normalized spacial score (nSPS) is 16.4. The summed E-state index contributed by atoms with van der Waals surface area (Å²) < 4.78 is 2.02. The van der Waals surface area contributed by atoms with Crippen LogP contribution >= 0.6 is 11.3 Å². The molecule has 1 saturated heterocycles. The molecule has 2 aromatic rings. The molecule has 1 aliphatic rings. The molecule has 0 unspecified atom stereocenters. The van der Waals surface area contributed by atoms with Crippen LogP contribution in [0.1, 0.15) is 17.7 Å². The SMILES string of the molecule is CN=C(NCCCCn1cnnc1)N1CCN(Cc2cccs2)CC1. The fraction of sp³-hybridized carbons (Fsp3) is 0.588. The minimum Gasteiger partial charge on any atom is -0.356 e. The van der Waals surface area contributed by atoms with Crippen molar-refractivity contribution >= 4 is 17.3 Å². The average molecular weight is 362 g/mol. The van der Waals surface area contributed by atoms with Crippen molar-refractivity contribution in [2.75, 3.05) is 39.8 Å².